The fourth-order valence-electron chi connectivity index (χ4n) is 3.81. The van der Waals surface area contributed by atoms with E-state index < -0.39 is 0 Å². The summed E-state index contributed by atoms with van der Waals surface area (Å²) in [6.07, 6.45) is 2.53. The largest absolute Gasteiger partial charge is 0.378 e. The number of alkyl halides is 1. The van der Waals surface area contributed by atoms with E-state index in [0.29, 0.717) is 171 Å². The van der Waals surface area contributed by atoms with Crippen molar-refractivity contribution in [3.8, 4) is 0 Å². The summed E-state index contributed by atoms with van der Waals surface area (Å²) in [5.41, 5.74) is 0. The Hall–Kier alpha value is -0.0800. The van der Waals surface area contributed by atoms with Crippen molar-refractivity contribution in [2.24, 2.45) is 0 Å². The normalized spacial score (nSPS) is 14.0. The summed E-state index contributed by atoms with van der Waals surface area (Å²) in [7, 11) is 0. The number of hydrogen-bond acceptors (Lipinski definition) is 14. The molecule has 0 aromatic rings. The van der Waals surface area contributed by atoms with Gasteiger partial charge in [0.05, 0.1) is 171 Å². The quantitative estimate of drug-likeness (QED) is 0.0720. The van der Waals surface area contributed by atoms with Gasteiger partial charge in [-0.15, -0.1) is 0 Å². The van der Waals surface area contributed by atoms with Gasteiger partial charge in [-0.2, -0.15) is 0 Å². The number of nitrogens with one attached hydrogen (secondary N) is 1. The number of piperidine rings is 1. The van der Waals surface area contributed by atoms with E-state index in [2.05, 4.69) is 21.2 Å². The highest BCUT2D eigenvalue weighted by molar-refractivity contribution is 9.09. The molecule has 0 saturated carbocycles. The minimum absolute atomic E-state index is 0.372. The number of halogens is 1. The first-order valence-electron chi connectivity index (χ1n) is 16.7. The molecule has 1 fully saturated rings. The zero-order valence-electron chi connectivity index (χ0n) is 28.0. The standard InChI is InChI=1S/C31H62BrNO13/c32-3-6-34-7-8-35-9-10-36-11-12-37-13-14-38-15-16-39-17-18-40-19-20-41-21-22-42-23-24-43-25-26-44-27-28-45-29-30-46-31-1-4-33-5-2-31/h31,33H,1-30H2. The highest BCUT2D eigenvalue weighted by atomic mass is 79.9. The van der Waals surface area contributed by atoms with Crippen molar-refractivity contribution in [1.82, 2.24) is 5.32 Å². The Balaban J connectivity index is 1.59. The monoisotopic (exact) mass is 735 g/mol. The van der Waals surface area contributed by atoms with Crippen molar-refractivity contribution in [1.29, 1.82) is 0 Å². The minimum atomic E-state index is 0.372. The van der Waals surface area contributed by atoms with Crippen LogP contribution in [0.5, 0.6) is 0 Å². The molecule has 276 valence electrons. The molecule has 0 amide bonds. The third kappa shape index (κ3) is 35.2. The highest BCUT2D eigenvalue weighted by Crippen LogP contribution is 2.06. The molecule has 0 atom stereocenters. The Bertz CT molecular complexity index is 569. The Morgan fingerprint density at radius 3 is 0.783 bits per heavy atom. The molecular formula is C31H62BrNO13. The summed E-state index contributed by atoms with van der Waals surface area (Å²) >= 11 is 3.30. The second kappa shape index (κ2) is 39.4. The molecule has 0 bridgehead atoms. The van der Waals surface area contributed by atoms with Crippen molar-refractivity contribution >= 4 is 15.9 Å². The number of rotatable bonds is 39. The van der Waals surface area contributed by atoms with Crippen molar-refractivity contribution < 1.29 is 61.6 Å². The predicted octanol–water partition coefficient (Wildman–Crippen LogP) is 1.35. The molecule has 1 heterocycles. The summed E-state index contributed by atoms with van der Waals surface area (Å²) < 4.78 is 71.3. The van der Waals surface area contributed by atoms with Gasteiger partial charge < -0.3 is 66.9 Å². The molecule has 1 rings (SSSR count). The molecule has 0 spiro atoms. The summed E-state index contributed by atoms with van der Waals surface area (Å²) in [6, 6.07) is 0. The molecule has 1 aliphatic heterocycles. The molecule has 46 heavy (non-hydrogen) atoms. The van der Waals surface area contributed by atoms with Crippen molar-refractivity contribution in [3.05, 3.63) is 0 Å². The molecular weight excluding hydrogens is 674 g/mol. The highest BCUT2D eigenvalue weighted by Gasteiger charge is 2.12. The van der Waals surface area contributed by atoms with E-state index in [-0.39, 0.29) is 0 Å². The molecule has 0 unspecified atom stereocenters. The van der Waals surface area contributed by atoms with Crippen LogP contribution in [0.3, 0.4) is 0 Å². The van der Waals surface area contributed by atoms with E-state index in [1.807, 2.05) is 0 Å². The summed E-state index contributed by atoms with van der Waals surface area (Å²) in [5.74, 6) is 0. The van der Waals surface area contributed by atoms with E-state index in [0.717, 1.165) is 31.3 Å². The predicted molar refractivity (Wildman–Crippen MR) is 175 cm³/mol. The number of hydrogen-bond donors (Lipinski definition) is 1. The van der Waals surface area contributed by atoms with E-state index in [1.54, 1.807) is 0 Å². The molecule has 0 aliphatic carbocycles. The SMILES string of the molecule is BrCCOCCOCCOCCOCCOCCOCCOCCOCCOCCOCCOCCOCCOC1CCNCC1. The molecule has 0 radical (unpaired) electrons. The molecule has 1 saturated heterocycles. The van der Waals surface area contributed by atoms with Gasteiger partial charge in [0.1, 0.15) is 0 Å². The van der Waals surface area contributed by atoms with Gasteiger partial charge in [-0.05, 0) is 25.9 Å². The van der Waals surface area contributed by atoms with Gasteiger partial charge in [0, 0.05) is 5.33 Å². The maximum atomic E-state index is 5.79. The molecule has 15 heteroatoms. The summed E-state index contributed by atoms with van der Waals surface area (Å²) in [5, 5.41) is 4.17. The van der Waals surface area contributed by atoms with Crippen molar-refractivity contribution in [2.75, 3.05) is 184 Å². The first-order valence-corrected chi connectivity index (χ1v) is 17.9. The molecule has 0 aromatic heterocycles. The van der Waals surface area contributed by atoms with Crippen LogP contribution >= 0.6 is 15.9 Å². The van der Waals surface area contributed by atoms with Gasteiger partial charge in [0.25, 0.3) is 0 Å². The molecule has 14 nitrogen and oxygen atoms in total. The third-order valence-corrected chi connectivity index (χ3v) is 6.50. The van der Waals surface area contributed by atoms with Gasteiger partial charge in [-0.3, -0.25) is 0 Å². The summed E-state index contributed by atoms with van der Waals surface area (Å²) in [4.78, 5) is 0. The fourth-order valence-corrected chi connectivity index (χ4v) is 4.04. The maximum Gasteiger partial charge on any atom is 0.0704 e. The lowest BCUT2D eigenvalue weighted by Crippen LogP contribution is -2.33. The Kier molecular flexibility index (Phi) is 37.6. The average molecular weight is 737 g/mol. The van der Waals surface area contributed by atoms with Crippen molar-refractivity contribution in [2.45, 2.75) is 18.9 Å². The Morgan fingerprint density at radius 1 is 0.326 bits per heavy atom. The lowest BCUT2D eigenvalue weighted by atomic mass is 10.1. The van der Waals surface area contributed by atoms with Gasteiger partial charge in [0.2, 0.25) is 0 Å². The van der Waals surface area contributed by atoms with Crippen LogP contribution in [-0.2, 0) is 61.6 Å². The maximum absolute atomic E-state index is 5.79. The first kappa shape index (κ1) is 43.9. The average Bonchev–Trinajstić information content (AvgIpc) is 3.08. The second-order valence-electron chi connectivity index (χ2n) is 9.86. The van der Waals surface area contributed by atoms with Gasteiger partial charge in [0.15, 0.2) is 0 Å². The lowest BCUT2D eigenvalue weighted by Gasteiger charge is -2.22. The van der Waals surface area contributed by atoms with Crippen LogP contribution in [0.25, 0.3) is 0 Å². The molecule has 1 N–H and O–H groups in total. The third-order valence-electron chi connectivity index (χ3n) is 6.18. The zero-order chi connectivity index (χ0) is 32.7. The Morgan fingerprint density at radius 2 is 0.543 bits per heavy atom. The fraction of sp³-hybridized carbons (Fsp3) is 1.00. The topological polar surface area (TPSA) is 132 Å². The van der Waals surface area contributed by atoms with Crippen LogP contribution in [0.2, 0.25) is 0 Å². The van der Waals surface area contributed by atoms with E-state index in [9.17, 15) is 0 Å². The molecule has 0 aromatic carbocycles. The summed E-state index contributed by atoms with van der Waals surface area (Å²) in [6.45, 7) is 15.8. The van der Waals surface area contributed by atoms with E-state index in [4.69, 9.17) is 61.6 Å². The van der Waals surface area contributed by atoms with Crippen LogP contribution in [0.4, 0.5) is 0 Å². The Labute approximate surface area is 285 Å². The smallest absolute Gasteiger partial charge is 0.0704 e. The van der Waals surface area contributed by atoms with Crippen molar-refractivity contribution in [3.63, 3.8) is 0 Å². The van der Waals surface area contributed by atoms with E-state index in [1.165, 1.54) is 0 Å². The lowest BCUT2D eigenvalue weighted by molar-refractivity contribution is -0.0327. The van der Waals surface area contributed by atoms with Crippen LogP contribution in [0.1, 0.15) is 12.8 Å². The molecule has 1 aliphatic rings. The van der Waals surface area contributed by atoms with Crippen LogP contribution in [0, 0.1) is 0 Å². The van der Waals surface area contributed by atoms with Gasteiger partial charge >= 0.3 is 0 Å². The van der Waals surface area contributed by atoms with Gasteiger partial charge in [-0.1, -0.05) is 15.9 Å². The minimum Gasteiger partial charge on any atom is -0.378 e. The van der Waals surface area contributed by atoms with Crippen LogP contribution in [-0.4, -0.2) is 190 Å². The van der Waals surface area contributed by atoms with Gasteiger partial charge in [-0.25, -0.2) is 0 Å². The second-order valence-corrected chi connectivity index (χ2v) is 10.7. The van der Waals surface area contributed by atoms with E-state index >= 15 is 0 Å². The van der Waals surface area contributed by atoms with Crippen LogP contribution in [0.15, 0.2) is 0 Å². The zero-order valence-corrected chi connectivity index (χ0v) is 29.6. The first-order chi connectivity index (χ1) is 22.9. The number of ether oxygens (including phenoxy) is 13. The van der Waals surface area contributed by atoms with Crippen LogP contribution < -0.4 is 5.32 Å².